The average molecular weight is 213 g/mol. The van der Waals surface area contributed by atoms with Gasteiger partial charge in [0.25, 0.3) is 0 Å². The normalized spacial score (nSPS) is 16.2. The predicted octanol–water partition coefficient (Wildman–Crippen LogP) is 2.83. The third-order valence-corrected chi connectivity index (χ3v) is 2.93. The van der Waals surface area contributed by atoms with Crippen molar-refractivity contribution >= 4 is 0 Å². The van der Waals surface area contributed by atoms with Crippen LogP contribution in [0, 0.1) is 11.8 Å². The van der Waals surface area contributed by atoms with Gasteiger partial charge in [-0.1, -0.05) is 26.7 Å². The van der Waals surface area contributed by atoms with Crippen molar-refractivity contribution in [3.8, 4) is 0 Å². The Bertz CT molecular complexity index is 135. The van der Waals surface area contributed by atoms with Gasteiger partial charge in [-0.3, -0.25) is 0 Å². The van der Waals surface area contributed by atoms with Gasteiger partial charge >= 0.3 is 0 Å². The van der Waals surface area contributed by atoms with E-state index in [-0.39, 0.29) is 0 Å². The van der Waals surface area contributed by atoms with Gasteiger partial charge in [-0.25, -0.2) is 0 Å². The summed E-state index contributed by atoms with van der Waals surface area (Å²) >= 11 is 0. The molecule has 2 heteroatoms. The van der Waals surface area contributed by atoms with Crippen molar-refractivity contribution in [1.82, 2.24) is 5.32 Å². The lowest BCUT2D eigenvalue weighted by Crippen LogP contribution is -2.21. The van der Waals surface area contributed by atoms with E-state index in [9.17, 15) is 0 Å². The molecule has 0 saturated heterocycles. The number of hydrogen-bond donors (Lipinski definition) is 1. The Labute approximate surface area is 94.8 Å². The summed E-state index contributed by atoms with van der Waals surface area (Å²) in [6.07, 6.45) is 6.93. The van der Waals surface area contributed by atoms with Crippen LogP contribution < -0.4 is 5.32 Å². The quantitative estimate of drug-likeness (QED) is 0.563. The molecule has 0 atom stereocenters. The lowest BCUT2D eigenvalue weighted by Gasteiger charge is -2.07. The maximum absolute atomic E-state index is 5.52. The van der Waals surface area contributed by atoms with Crippen molar-refractivity contribution < 1.29 is 4.74 Å². The molecule has 0 amide bonds. The van der Waals surface area contributed by atoms with Crippen LogP contribution in [-0.4, -0.2) is 26.3 Å². The molecule has 0 aromatic heterocycles. The molecule has 0 aromatic rings. The van der Waals surface area contributed by atoms with Crippen LogP contribution in [0.5, 0.6) is 0 Å². The molecule has 1 saturated carbocycles. The van der Waals surface area contributed by atoms with E-state index in [0.29, 0.717) is 0 Å². The standard InChI is InChI=1S/C13H27NO/c1-12(2)7-10-15-11-9-14-8-3-4-13-5-6-13/h12-14H,3-11H2,1-2H3. The number of nitrogens with one attached hydrogen (secondary N) is 1. The molecule has 0 unspecified atom stereocenters. The highest BCUT2D eigenvalue weighted by Gasteiger charge is 2.19. The largest absolute Gasteiger partial charge is 0.380 e. The van der Waals surface area contributed by atoms with Crippen molar-refractivity contribution in [3.63, 3.8) is 0 Å². The molecule has 0 aliphatic heterocycles. The van der Waals surface area contributed by atoms with Crippen molar-refractivity contribution in [3.05, 3.63) is 0 Å². The zero-order valence-corrected chi connectivity index (χ0v) is 10.4. The van der Waals surface area contributed by atoms with Gasteiger partial charge in [0.1, 0.15) is 0 Å². The smallest absolute Gasteiger partial charge is 0.0590 e. The summed E-state index contributed by atoms with van der Waals surface area (Å²) < 4.78 is 5.52. The lowest BCUT2D eigenvalue weighted by atomic mass is 10.1. The van der Waals surface area contributed by atoms with Gasteiger partial charge in [-0.05, 0) is 37.6 Å². The van der Waals surface area contributed by atoms with Crippen LogP contribution in [0.3, 0.4) is 0 Å². The molecule has 0 spiro atoms. The Hall–Kier alpha value is -0.0800. The van der Waals surface area contributed by atoms with Crippen LogP contribution in [0.25, 0.3) is 0 Å². The highest BCUT2D eigenvalue weighted by molar-refractivity contribution is 4.72. The second kappa shape index (κ2) is 8.12. The SMILES string of the molecule is CC(C)CCOCCNCCCC1CC1. The molecule has 1 fully saturated rings. The van der Waals surface area contributed by atoms with E-state index < -0.39 is 0 Å². The maximum atomic E-state index is 5.52. The van der Waals surface area contributed by atoms with Gasteiger partial charge in [-0.15, -0.1) is 0 Å². The molecular formula is C13H27NO. The van der Waals surface area contributed by atoms with E-state index in [4.69, 9.17) is 4.74 Å². The fourth-order valence-electron chi connectivity index (χ4n) is 1.61. The lowest BCUT2D eigenvalue weighted by molar-refractivity contribution is 0.125. The zero-order valence-electron chi connectivity index (χ0n) is 10.4. The highest BCUT2D eigenvalue weighted by Crippen LogP contribution is 2.33. The first-order valence-corrected chi connectivity index (χ1v) is 6.57. The molecule has 0 heterocycles. The molecule has 1 aliphatic carbocycles. The van der Waals surface area contributed by atoms with Crippen molar-refractivity contribution in [2.24, 2.45) is 11.8 Å². The molecule has 90 valence electrons. The van der Waals surface area contributed by atoms with E-state index in [1.165, 1.54) is 38.6 Å². The fourth-order valence-corrected chi connectivity index (χ4v) is 1.61. The Morgan fingerprint density at radius 1 is 1.20 bits per heavy atom. The summed E-state index contributed by atoms with van der Waals surface area (Å²) in [6.45, 7) is 8.45. The van der Waals surface area contributed by atoms with Gasteiger partial charge in [0.05, 0.1) is 6.61 Å². The minimum Gasteiger partial charge on any atom is -0.380 e. The Kier molecular flexibility index (Phi) is 7.03. The van der Waals surface area contributed by atoms with Crippen molar-refractivity contribution in [1.29, 1.82) is 0 Å². The minimum absolute atomic E-state index is 0.761. The number of hydrogen-bond acceptors (Lipinski definition) is 2. The van der Waals surface area contributed by atoms with Crippen LogP contribution in [0.1, 0.15) is 46.0 Å². The summed E-state index contributed by atoms with van der Waals surface area (Å²) in [5, 5.41) is 3.43. The topological polar surface area (TPSA) is 21.3 Å². The van der Waals surface area contributed by atoms with Gasteiger partial charge in [0.2, 0.25) is 0 Å². The first-order valence-electron chi connectivity index (χ1n) is 6.57. The fraction of sp³-hybridized carbons (Fsp3) is 1.00. The van der Waals surface area contributed by atoms with Crippen molar-refractivity contribution in [2.45, 2.75) is 46.0 Å². The molecule has 0 aromatic carbocycles. The minimum atomic E-state index is 0.761. The van der Waals surface area contributed by atoms with Gasteiger partial charge in [0, 0.05) is 13.2 Å². The molecule has 1 aliphatic rings. The van der Waals surface area contributed by atoms with Gasteiger partial charge in [0.15, 0.2) is 0 Å². The third kappa shape index (κ3) is 8.88. The summed E-state index contributed by atoms with van der Waals surface area (Å²) in [5.41, 5.74) is 0. The number of ether oxygens (including phenoxy) is 1. The Morgan fingerprint density at radius 2 is 2.00 bits per heavy atom. The summed E-state index contributed by atoms with van der Waals surface area (Å²) in [6, 6.07) is 0. The van der Waals surface area contributed by atoms with E-state index in [2.05, 4.69) is 19.2 Å². The number of rotatable bonds is 10. The van der Waals surface area contributed by atoms with E-state index >= 15 is 0 Å². The van der Waals surface area contributed by atoms with Crippen LogP contribution >= 0.6 is 0 Å². The van der Waals surface area contributed by atoms with Gasteiger partial charge < -0.3 is 10.1 Å². The summed E-state index contributed by atoms with van der Waals surface area (Å²) in [4.78, 5) is 0. The van der Waals surface area contributed by atoms with Crippen LogP contribution in [-0.2, 0) is 4.74 Å². The monoisotopic (exact) mass is 213 g/mol. The van der Waals surface area contributed by atoms with E-state index in [0.717, 1.165) is 31.6 Å². The van der Waals surface area contributed by atoms with E-state index in [1.807, 2.05) is 0 Å². The van der Waals surface area contributed by atoms with Gasteiger partial charge in [-0.2, -0.15) is 0 Å². The highest BCUT2D eigenvalue weighted by atomic mass is 16.5. The molecule has 0 radical (unpaired) electrons. The van der Waals surface area contributed by atoms with Crippen LogP contribution in [0.4, 0.5) is 0 Å². The second-order valence-electron chi connectivity index (χ2n) is 5.13. The molecule has 1 rings (SSSR count). The van der Waals surface area contributed by atoms with Crippen LogP contribution in [0.2, 0.25) is 0 Å². The maximum Gasteiger partial charge on any atom is 0.0590 e. The first-order chi connectivity index (χ1) is 7.29. The summed E-state index contributed by atoms with van der Waals surface area (Å²) in [5.74, 6) is 1.84. The average Bonchev–Trinajstić information content (AvgIpc) is 2.98. The second-order valence-corrected chi connectivity index (χ2v) is 5.13. The molecular weight excluding hydrogens is 186 g/mol. The Balaban J connectivity index is 1.65. The first kappa shape index (κ1) is 13.0. The molecule has 15 heavy (non-hydrogen) atoms. The molecule has 2 nitrogen and oxygen atoms in total. The zero-order chi connectivity index (χ0) is 10.9. The molecule has 0 bridgehead atoms. The predicted molar refractivity (Wildman–Crippen MR) is 65.1 cm³/mol. The van der Waals surface area contributed by atoms with E-state index in [1.54, 1.807) is 0 Å². The van der Waals surface area contributed by atoms with Crippen LogP contribution in [0.15, 0.2) is 0 Å². The Morgan fingerprint density at radius 3 is 2.67 bits per heavy atom. The third-order valence-electron chi connectivity index (χ3n) is 2.93. The molecule has 1 N–H and O–H groups in total. The van der Waals surface area contributed by atoms with Crippen molar-refractivity contribution in [2.75, 3.05) is 26.3 Å². The summed E-state index contributed by atoms with van der Waals surface area (Å²) in [7, 11) is 0.